The number of hydrogen-bond donors (Lipinski definition) is 1. The minimum Gasteiger partial charge on any atom is -0.466 e. The van der Waals surface area contributed by atoms with Gasteiger partial charge in [0.2, 0.25) is 5.91 Å². The van der Waals surface area contributed by atoms with Crippen molar-refractivity contribution in [3.8, 4) is 5.75 Å². The molecule has 0 saturated carbocycles. The molecule has 3 atom stereocenters. The lowest BCUT2D eigenvalue weighted by atomic mass is 9.75. The molecule has 7 heteroatoms. The van der Waals surface area contributed by atoms with Gasteiger partial charge in [-0.2, -0.15) is 0 Å². The van der Waals surface area contributed by atoms with Crippen molar-refractivity contribution in [2.75, 3.05) is 6.61 Å². The highest BCUT2D eigenvalue weighted by Crippen LogP contribution is 2.44. The highest BCUT2D eigenvalue weighted by molar-refractivity contribution is 9.10. The molecule has 2 aromatic rings. The van der Waals surface area contributed by atoms with Crippen LogP contribution in [0.5, 0.6) is 5.75 Å². The molecule has 1 N–H and O–H groups in total. The molecule has 0 aliphatic carbocycles. The minimum atomic E-state index is -1.15. The van der Waals surface area contributed by atoms with Crippen LogP contribution in [0.3, 0.4) is 0 Å². The second-order valence-electron chi connectivity index (χ2n) is 6.85. The van der Waals surface area contributed by atoms with Crippen molar-refractivity contribution in [2.45, 2.75) is 26.3 Å². The summed E-state index contributed by atoms with van der Waals surface area (Å²) in [6.07, 6.45) is 0. The molecular formula is C22H22BrNO5. The van der Waals surface area contributed by atoms with Gasteiger partial charge in [0.15, 0.2) is 0 Å². The monoisotopic (exact) mass is 459 g/mol. The molecule has 0 aromatic heterocycles. The molecule has 1 aliphatic heterocycles. The highest BCUT2D eigenvalue weighted by atomic mass is 79.9. The molecule has 0 saturated heterocycles. The molecular weight excluding hydrogens is 438 g/mol. The minimum absolute atomic E-state index is 0.219. The van der Waals surface area contributed by atoms with E-state index in [1.54, 1.807) is 32.0 Å². The molecule has 0 spiro atoms. The van der Waals surface area contributed by atoms with Gasteiger partial charge in [-0.25, -0.2) is 0 Å². The first-order chi connectivity index (χ1) is 13.9. The van der Waals surface area contributed by atoms with Crippen LogP contribution >= 0.6 is 15.9 Å². The standard InChI is InChI=1S/C22H22BrNO5/c1-3-28-21(26)13(2)18-16-11-15(23)9-10-17(16)29-22(27)19(18)20(25)24-12-14-7-5-4-6-8-14/h4-11,13,18-19H,3,12H2,1-2H3,(H,24,25)/t13-,18+,19-/m1/s1. The van der Waals surface area contributed by atoms with Crippen LogP contribution in [-0.2, 0) is 25.7 Å². The Balaban J connectivity index is 1.92. The summed E-state index contributed by atoms with van der Waals surface area (Å²) in [4.78, 5) is 38.2. The Morgan fingerprint density at radius 3 is 2.62 bits per heavy atom. The van der Waals surface area contributed by atoms with Crippen molar-refractivity contribution in [2.24, 2.45) is 11.8 Å². The third kappa shape index (κ3) is 4.67. The number of ether oxygens (including phenoxy) is 2. The van der Waals surface area contributed by atoms with E-state index in [-0.39, 0.29) is 13.2 Å². The number of rotatable bonds is 6. The molecule has 2 aromatic carbocycles. The first-order valence-electron chi connectivity index (χ1n) is 9.41. The average molecular weight is 460 g/mol. The van der Waals surface area contributed by atoms with Crippen LogP contribution in [0, 0.1) is 11.8 Å². The highest BCUT2D eigenvalue weighted by Gasteiger charge is 2.47. The predicted octanol–water partition coefficient (Wildman–Crippen LogP) is 3.58. The van der Waals surface area contributed by atoms with Crippen LogP contribution in [0.2, 0.25) is 0 Å². The average Bonchev–Trinajstić information content (AvgIpc) is 2.71. The Morgan fingerprint density at radius 1 is 1.21 bits per heavy atom. The molecule has 1 amide bonds. The van der Waals surface area contributed by atoms with Crippen LogP contribution in [0.15, 0.2) is 53.0 Å². The van der Waals surface area contributed by atoms with Crippen molar-refractivity contribution >= 4 is 33.8 Å². The van der Waals surface area contributed by atoms with Crippen LogP contribution in [0.25, 0.3) is 0 Å². The normalized spacial score (nSPS) is 18.9. The maximum absolute atomic E-state index is 13.0. The lowest BCUT2D eigenvalue weighted by Gasteiger charge is -2.34. The van der Waals surface area contributed by atoms with Crippen LogP contribution in [0.4, 0.5) is 0 Å². The molecule has 1 heterocycles. The first-order valence-corrected chi connectivity index (χ1v) is 10.2. The molecule has 152 valence electrons. The topological polar surface area (TPSA) is 81.7 Å². The summed E-state index contributed by atoms with van der Waals surface area (Å²) in [7, 11) is 0. The zero-order chi connectivity index (χ0) is 21.0. The lowest BCUT2D eigenvalue weighted by Crippen LogP contribution is -2.46. The Kier molecular flexibility index (Phi) is 6.69. The molecule has 0 fully saturated rings. The maximum Gasteiger partial charge on any atom is 0.324 e. The molecule has 1 aliphatic rings. The second kappa shape index (κ2) is 9.22. The number of amides is 1. The van der Waals surface area contributed by atoms with Gasteiger partial charge in [0, 0.05) is 22.5 Å². The van der Waals surface area contributed by atoms with Crippen molar-refractivity contribution < 1.29 is 23.9 Å². The number of hydrogen-bond acceptors (Lipinski definition) is 5. The van der Waals surface area contributed by atoms with Gasteiger partial charge in [-0.05, 0) is 30.7 Å². The van der Waals surface area contributed by atoms with E-state index in [0.717, 1.165) is 10.0 Å². The number of fused-ring (bicyclic) bond motifs is 1. The van der Waals surface area contributed by atoms with Gasteiger partial charge in [0.25, 0.3) is 0 Å². The third-order valence-corrected chi connectivity index (χ3v) is 5.44. The Morgan fingerprint density at radius 2 is 1.93 bits per heavy atom. The Hall–Kier alpha value is -2.67. The van der Waals surface area contributed by atoms with E-state index in [9.17, 15) is 14.4 Å². The summed E-state index contributed by atoms with van der Waals surface area (Å²) >= 11 is 3.41. The first kappa shape index (κ1) is 21.0. The summed E-state index contributed by atoms with van der Waals surface area (Å²) in [5.41, 5.74) is 1.53. The molecule has 0 unspecified atom stereocenters. The van der Waals surface area contributed by atoms with Crippen LogP contribution in [0.1, 0.15) is 30.9 Å². The summed E-state index contributed by atoms with van der Waals surface area (Å²) in [5, 5.41) is 2.80. The van der Waals surface area contributed by atoms with Gasteiger partial charge >= 0.3 is 11.9 Å². The molecule has 6 nitrogen and oxygen atoms in total. The van der Waals surface area contributed by atoms with Crippen molar-refractivity contribution in [3.05, 3.63) is 64.1 Å². The Bertz CT molecular complexity index is 915. The van der Waals surface area contributed by atoms with Crippen LogP contribution < -0.4 is 10.1 Å². The molecule has 0 bridgehead atoms. The summed E-state index contributed by atoms with van der Waals surface area (Å²) < 4.78 is 11.3. The fourth-order valence-electron chi connectivity index (χ4n) is 3.51. The molecule has 29 heavy (non-hydrogen) atoms. The SMILES string of the molecule is CCOC(=O)[C@H](C)[C@H]1c2cc(Br)ccc2OC(=O)[C@H]1C(=O)NCc1ccccc1. The zero-order valence-corrected chi connectivity index (χ0v) is 17.8. The maximum atomic E-state index is 13.0. The van der Waals surface area contributed by atoms with E-state index < -0.39 is 35.6 Å². The Labute approximate surface area is 177 Å². The molecule has 3 rings (SSSR count). The summed E-state index contributed by atoms with van der Waals surface area (Å²) in [6, 6.07) is 14.6. The number of halogens is 1. The number of benzene rings is 2. The lowest BCUT2D eigenvalue weighted by molar-refractivity contribution is -0.153. The van der Waals surface area contributed by atoms with E-state index in [0.29, 0.717) is 11.3 Å². The summed E-state index contributed by atoms with van der Waals surface area (Å²) in [5.74, 6) is -3.82. The number of nitrogens with one attached hydrogen (secondary N) is 1. The smallest absolute Gasteiger partial charge is 0.324 e. The second-order valence-corrected chi connectivity index (χ2v) is 7.77. The quantitative estimate of drug-likeness (QED) is 0.405. The van der Waals surface area contributed by atoms with Crippen molar-refractivity contribution in [3.63, 3.8) is 0 Å². The van der Waals surface area contributed by atoms with Gasteiger partial charge in [-0.1, -0.05) is 53.2 Å². The van der Waals surface area contributed by atoms with E-state index >= 15 is 0 Å². The summed E-state index contributed by atoms with van der Waals surface area (Å²) in [6.45, 7) is 3.88. The fourth-order valence-corrected chi connectivity index (χ4v) is 3.89. The van der Waals surface area contributed by atoms with E-state index in [1.165, 1.54) is 0 Å². The van der Waals surface area contributed by atoms with Gasteiger partial charge < -0.3 is 14.8 Å². The number of carbonyl (C=O) groups is 3. The van der Waals surface area contributed by atoms with E-state index in [2.05, 4.69) is 21.2 Å². The van der Waals surface area contributed by atoms with Gasteiger partial charge in [0.1, 0.15) is 11.7 Å². The predicted molar refractivity (Wildman–Crippen MR) is 110 cm³/mol. The van der Waals surface area contributed by atoms with Crippen LogP contribution in [-0.4, -0.2) is 24.5 Å². The van der Waals surface area contributed by atoms with E-state index in [1.807, 2.05) is 30.3 Å². The van der Waals surface area contributed by atoms with Gasteiger partial charge in [0.05, 0.1) is 12.5 Å². The molecule has 0 radical (unpaired) electrons. The largest absolute Gasteiger partial charge is 0.466 e. The van der Waals surface area contributed by atoms with Gasteiger partial charge in [-0.15, -0.1) is 0 Å². The fraction of sp³-hybridized carbons (Fsp3) is 0.318. The van der Waals surface area contributed by atoms with E-state index in [4.69, 9.17) is 9.47 Å². The third-order valence-electron chi connectivity index (χ3n) is 4.94. The zero-order valence-electron chi connectivity index (χ0n) is 16.2. The van der Waals surface area contributed by atoms with Crippen molar-refractivity contribution in [1.29, 1.82) is 0 Å². The number of esters is 2. The number of carbonyl (C=O) groups excluding carboxylic acids is 3. The van der Waals surface area contributed by atoms with Crippen molar-refractivity contribution in [1.82, 2.24) is 5.32 Å². The van der Waals surface area contributed by atoms with Gasteiger partial charge in [-0.3, -0.25) is 14.4 Å².